The first-order valence-electron chi connectivity index (χ1n) is 5.41. The maximum atomic E-state index is 12.0. The fraction of sp³-hybridized carbons (Fsp3) is 0.0833. The third kappa shape index (κ3) is 3.52. The molecule has 2 aromatic rings. The Hall–Kier alpha value is -1.44. The Labute approximate surface area is 118 Å². The van der Waals surface area contributed by atoms with Crippen LogP contribution in [0.2, 0.25) is 0 Å². The second-order valence-electron chi connectivity index (χ2n) is 3.81. The minimum absolute atomic E-state index is 0.129. The highest BCUT2D eigenvalue weighted by Gasteiger charge is 2.16. The van der Waals surface area contributed by atoms with E-state index in [0.717, 1.165) is 10.0 Å². The lowest BCUT2D eigenvalue weighted by molar-refractivity contribution is 0.580. The molecule has 0 saturated heterocycles. The Kier molecular flexibility index (Phi) is 4.18. The molecule has 0 aliphatic carbocycles. The SMILES string of the molecule is O=c1[nH]cccc1S(=O)(=O)NCc1ccc(Br)cc1. The standard InChI is InChI=1S/C12H11BrN2O3S/c13-10-5-3-9(4-6-10)8-15-19(17,18)11-2-1-7-14-12(11)16/h1-7,15H,8H2,(H,14,16). The van der Waals surface area contributed by atoms with Gasteiger partial charge in [0.1, 0.15) is 4.90 Å². The molecule has 0 spiro atoms. The van der Waals surface area contributed by atoms with Crippen molar-refractivity contribution in [3.63, 3.8) is 0 Å². The number of hydrogen-bond acceptors (Lipinski definition) is 3. The van der Waals surface area contributed by atoms with Gasteiger partial charge in [0.2, 0.25) is 10.0 Å². The van der Waals surface area contributed by atoms with Crippen molar-refractivity contribution >= 4 is 26.0 Å². The van der Waals surface area contributed by atoms with Crippen molar-refractivity contribution in [3.05, 3.63) is 63.0 Å². The van der Waals surface area contributed by atoms with E-state index in [1.807, 2.05) is 12.1 Å². The average molecular weight is 343 g/mol. The van der Waals surface area contributed by atoms with E-state index in [9.17, 15) is 13.2 Å². The molecule has 0 saturated carbocycles. The van der Waals surface area contributed by atoms with Crippen molar-refractivity contribution in [2.75, 3.05) is 0 Å². The molecule has 100 valence electrons. The molecule has 0 radical (unpaired) electrons. The van der Waals surface area contributed by atoms with Crippen LogP contribution in [0, 0.1) is 0 Å². The second kappa shape index (κ2) is 5.68. The molecule has 2 N–H and O–H groups in total. The van der Waals surface area contributed by atoms with Crippen LogP contribution in [0.1, 0.15) is 5.56 Å². The van der Waals surface area contributed by atoms with Gasteiger partial charge in [-0.1, -0.05) is 28.1 Å². The van der Waals surface area contributed by atoms with Gasteiger partial charge in [-0.15, -0.1) is 0 Å². The Morgan fingerprint density at radius 3 is 2.47 bits per heavy atom. The van der Waals surface area contributed by atoms with Crippen molar-refractivity contribution in [1.82, 2.24) is 9.71 Å². The zero-order chi connectivity index (χ0) is 13.9. The van der Waals surface area contributed by atoms with Crippen LogP contribution in [0.3, 0.4) is 0 Å². The molecule has 19 heavy (non-hydrogen) atoms. The van der Waals surface area contributed by atoms with E-state index in [4.69, 9.17) is 0 Å². The summed E-state index contributed by atoms with van der Waals surface area (Å²) in [4.78, 5) is 13.5. The molecule has 1 aromatic heterocycles. The van der Waals surface area contributed by atoms with Crippen molar-refractivity contribution in [2.45, 2.75) is 11.4 Å². The number of rotatable bonds is 4. The van der Waals surface area contributed by atoms with Crippen LogP contribution < -0.4 is 10.3 Å². The molecule has 0 amide bonds. The van der Waals surface area contributed by atoms with Crippen LogP contribution in [0.25, 0.3) is 0 Å². The molecule has 0 atom stereocenters. The van der Waals surface area contributed by atoms with Gasteiger partial charge in [0.15, 0.2) is 0 Å². The van der Waals surface area contributed by atoms with Gasteiger partial charge < -0.3 is 4.98 Å². The van der Waals surface area contributed by atoms with Crippen LogP contribution in [-0.2, 0) is 16.6 Å². The van der Waals surface area contributed by atoms with Crippen LogP contribution in [0.5, 0.6) is 0 Å². The van der Waals surface area contributed by atoms with E-state index in [1.54, 1.807) is 12.1 Å². The molecule has 2 rings (SSSR count). The van der Waals surface area contributed by atoms with E-state index in [2.05, 4.69) is 25.6 Å². The molecular weight excluding hydrogens is 332 g/mol. The third-order valence-corrected chi connectivity index (χ3v) is 4.40. The number of halogens is 1. The van der Waals surface area contributed by atoms with Gasteiger partial charge in [0, 0.05) is 17.2 Å². The highest BCUT2D eigenvalue weighted by atomic mass is 79.9. The second-order valence-corrected chi connectivity index (χ2v) is 6.47. The zero-order valence-corrected chi connectivity index (χ0v) is 12.2. The zero-order valence-electron chi connectivity index (χ0n) is 9.76. The van der Waals surface area contributed by atoms with Crippen LogP contribution in [0.15, 0.2) is 56.8 Å². The summed E-state index contributed by atoms with van der Waals surface area (Å²) in [5.41, 5.74) is 0.171. The number of pyridine rings is 1. The minimum atomic E-state index is -3.80. The number of H-pyrrole nitrogens is 1. The lowest BCUT2D eigenvalue weighted by atomic mass is 10.2. The topological polar surface area (TPSA) is 79.0 Å². The van der Waals surface area contributed by atoms with E-state index >= 15 is 0 Å². The van der Waals surface area contributed by atoms with Crippen LogP contribution in [0.4, 0.5) is 0 Å². The van der Waals surface area contributed by atoms with E-state index in [1.165, 1.54) is 18.3 Å². The molecule has 5 nitrogen and oxygen atoms in total. The molecular formula is C12H11BrN2O3S. The summed E-state index contributed by atoms with van der Waals surface area (Å²) in [5.74, 6) is 0. The Morgan fingerprint density at radius 2 is 1.84 bits per heavy atom. The molecule has 7 heteroatoms. The average Bonchev–Trinajstić information content (AvgIpc) is 2.38. The molecule has 0 fully saturated rings. The Balaban J connectivity index is 2.17. The van der Waals surface area contributed by atoms with E-state index in [-0.39, 0.29) is 11.4 Å². The maximum absolute atomic E-state index is 12.0. The van der Waals surface area contributed by atoms with Crippen molar-refractivity contribution in [3.8, 4) is 0 Å². The first kappa shape index (κ1) is 14.0. The summed E-state index contributed by atoms with van der Waals surface area (Å²) in [7, 11) is -3.80. The largest absolute Gasteiger partial charge is 0.328 e. The lowest BCUT2D eigenvalue weighted by Gasteiger charge is -2.06. The van der Waals surface area contributed by atoms with Crippen molar-refractivity contribution < 1.29 is 8.42 Å². The van der Waals surface area contributed by atoms with E-state index < -0.39 is 15.6 Å². The van der Waals surface area contributed by atoms with Gasteiger partial charge >= 0.3 is 0 Å². The van der Waals surface area contributed by atoms with Crippen molar-refractivity contribution in [2.24, 2.45) is 0 Å². The first-order chi connectivity index (χ1) is 8.99. The fourth-order valence-electron chi connectivity index (χ4n) is 1.48. The third-order valence-electron chi connectivity index (χ3n) is 2.45. The van der Waals surface area contributed by atoms with Gasteiger partial charge in [0.05, 0.1) is 0 Å². The van der Waals surface area contributed by atoms with Crippen molar-refractivity contribution in [1.29, 1.82) is 0 Å². The predicted octanol–water partition coefficient (Wildman–Crippen LogP) is 1.62. The van der Waals surface area contributed by atoms with Gasteiger partial charge in [-0.2, -0.15) is 0 Å². The van der Waals surface area contributed by atoms with Gasteiger partial charge in [-0.05, 0) is 29.8 Å². The monoisotopic (exact) mass is 342 g/mol. The number of aromatic nitrogens is 1. The molecule has 1 heterocycles. The Morgan fingerprint density at radius 1 is 1.16 bits per heavy atom. The normalized spacial score (nSPS) is 11.4. The summed E-state index contributed by atoms with van der Waals surface area (Å²) in [6.45, 7) is 0.129. The minimum Gasteiger partial charge on any atom is -0.328 e. The molecule has 0 aliphatic heterocycles. The van der Waals surface area contributed by atoms with E-state index in [0.29, 0.717) is 0 Å². The summed E-state index contributed by atoms with van der Waals surface area (Å²) < 4.78 is 27.2. The summed E-state index contributed by atoms with van der Waals surface area (Å²) >= 11 is 3.30. The number of nitrogens with one attached hydrogen (secondary N) is 2. The highest BCUT2D eigenvalue weighted by Crippen LogP contribution is 2.11. The lowest BCUT2D eigenvalue weighted by Crippen LogP contribution is -2.28. The Bertz CT molecular complexity index is 723. The first-order valence-corrected chi connectivity index (χ1v) is 7.68. The fourth-order valence-corrected chi connectivity index (χ4v) is 2.81. The number of hydrogen-bond donors (Lipinski definition) is 2. The quantitative estimate of drug-likeness (QED) is 0.885. The summed E-state index contributed by atoms with van der Waals surface area (Å²) in [6.07, 6.45) is 1.38. The number of aromatic amines is 1. The van der Waals surface area contributed by atoms with Crippen LogP contribution >= 0.6 is 15.9 Å². The predicted molar refractivity (Wildman–Crippen MR) is 75.2 cm³/mol. The number of sulfonamides is 1. The summed E-state index contributed by atoms with van der Waals surface area (Å²) in [6, 6.07) is 9.96. The summed E-state index contributed by atoms with van der Waals surface area (Å²) in [5, 5.41) is 0. The molecule has 1 aromatic carbocycles. The number of benzene rings is 1. The van der Waals surface area contributed by atoms with Gasteiger partial charge in [-0.25, -0.2) is 13.1 Å². The maximum Gasteiger partial charge on any atom is 0.268 e. The smallest absolute Gasteiger partial charge is 0.268 e. The van der Waals surface area contributed by atoms with Gasteiger partial charge in [0.25, 0.3) is 5.56 Å². The van der Waals surface area contributed by atoms with Crippen LogP contribution in [-0.4, -0.2) is 13.4 Å². The molecule has 0 bridgehead atoms. The van der Waals surface area contributed by atoms with Gasteiger partial charge in [-0.3, -0.25) is 4.79 Å². The molecule has 0 aliphatic rings. The molecule has 0 unspecified atom stereocenters. The highest BCUT2D eigenvalue weighted by molar-refractivity contribution is 9.10.